The molecule has 0 bridgehead atoms. The van der Waals surface area contributed by atoms with E-state index in [4.69, 9.17) is 5.11 Å². The monoisotopic (exact) mass is 159 g/mol. The number of rotatable bonds is 3. The van der Waals surface area contributed by atoms with Gasteiger partial charge in [-0.3, -0.25) is 0 Å². The van der Waals surface area contributed by atoms with Gasteiger partial charge in [0.2, 0.25) is 0 Å². The average molecular weight is 159 g/mol. The van der Waals surface area contributed by atoms with Crippen LogP contribution in [0.5, 0.6) is 0 Å². The SMILES string of the molecule is CCC1CC1NC.CCCO. The van der Waals surface area contributed by atoms with E-state index in [1.807, 2.05) is 14.0 Å². The molecule has 1 aliphatic rings. The van der Waals surface area contributed by atoms with Crippen LogP contribution >= 0.6 is 0 Å². The topological polar surface area (TPSA) is 32.3 Å². The molecule has 2 atom stereocenters. The smallest absolute Gasteiger partial charge is 0.0428 e. The molecule has 0 heterocycles. The van der Waals surface area contributed by atoms with Gasteiger partial charge in [-0.15, -0.1) is 0 Å². The van der Waals surface area contributed by atoms with E-state index in [1.54, 1.807) is 0 Å². The summed E-state index contributed by atoms with van der Waals surface area (Å²) in [5, 5.41) is 11.1. The fourth-order valence-electron chi connectivity index (χ4n) is 1.05. The van der Waals surface area contributed by atoms with Gasteiger partial charge in [-0.1, -0.05) is 20.3 Å². The van der Waals surface area contributed by atoms with Crippen LogP contribution < -0.4 is 5.32 Å². The van der Waals surface area contributed by atoms with Crippen LogP contribution in [0.25, 0.3) is 0 Å². The highest BCUT2D eigenvalue weighted by Gasteiger charge is 2.33. The van der Waals surface area contributed by atoms with E-state index in [0.29, 0.717) is 6.61 Å². The zero-order valence-corrected chi connectivity index (χ0v) is 7.93. The molecule has 2 heteroatoms. The van der Waals surface area contributed by atoms with Crippen molar-refractivity contribution in [1.29, 1.82) is 0 Å². The van der Waals surface area contributed by atoms with Crippen molar-refractivity contribution in [3.63, 3.8) is 0 Å². The van der Waals surface area contributed by atoms with Gasteiger partial charge in [0, 0.05) is 12.6 Å². The predicted molar refractivity (Wildman–Crippen MR) is 48.6 cm³/mol. The Bertz CT molecular complexity index is 75.6. The summed E-state index contributed by atoms with van der Waals surface area (Å²) in [4.78, 5) is 0. The Kier molecular flexibility index (Phi) is 6.57. The van der Waals surface area contributed by atoms with E-state index in [9.17, 15) is 0 Å². The van der Waals surface area contributed by atoms with Gasteiger partial charge < -0.3 is 10.4 Å². The fourth-order valence-corrected chi connectivity index (χ4v) is 1.05. The third-order valence-corrected chi connectivity index (χ3v) is 2.04. The average Bonchev–Trinajstić information content (AvgIpc) is 2.83. The van der Waals surface area contributed by atoms with Gasteiger partial charge in [-0.2, -0.15) is 0 Å². The second-order valence-electron chi connectivity index (χ2n) is 3.02. The highest BCUT2D eigenvalue weighted by atomic mass is 16.2. The molecule has 0 saturated heterocycles. The first-order valence-electron chi connectivity index (χ1n) is 4.58. The lowest BCUT2D eigenvalue weighted by molar-refractivity contribution is 0.295. The van der Waals surface area contributed by atoms with E-state index < -0.39 is 0 Å². The van der Waals surface area contributed by atoms with Crippen LogP contribution in [0, 0.1) is 5.92 Å². The molecule has 0 aromatic carbocycles. The summed E-state index contributed by atoms with van der Waals surface area (Å²) in [5.74, 6) is 1.00. The first-order valence-corrected chi connectivity index (χ1v) is 4.58. The molecule has 0 spiro atoms. The minimum atomic E-state index is 0.319. The van der Waals surface area contributed by atoms with Crippen LogP contribution in [0.3, 0.4) is 0 Å². The molecular formula is C9H21NO. The van der Waals surface area contributed by atoms with Crippen LogP contribution in [0.15, 0.2) is 0 Å². The lowest BCUT2D eigenvalue weighted by Crippen LogP contribution is -2.10. The van der Waals surface area contributed by atoms with Crippen molar-refractivity contribution >= 4 is 0 Å². The molecule has 1 aliphatic carbocycles. The summed E-state index contributed by atoms with van der Waals surface area (Å²) in [5.41, 5.74) is 0. The molecule has 0 aromatic heterocycles. The molecule has 2 unspecified atom stereocenters. The van der Waals surface area contributed by atoms with Crippen LogP contribution in [0.4, 0.5) is 0 Å². The Hall–Kier alpha value is -0.0800. The number of nitrogens with one attached hydrogen (secondary N) is 1. The number of hydrogen-bond donors (Lipinski definition) is 2. The van der Waals surface area contributed by atoms with Crippen molar-refractivity contribution in [2.24, 2.45) is 5.92 Å². The van der Waals surface area contributed by atoms with Gasteiger partial charge in [-0.25, -0.2) is 0 Å². The molecule has 1 saturated carbocycles. The third-order valence-electron chi connectivity index (χ3n) is 2.04. The number of aliphatic hydroxyl groups is 1. The highest BCUT2D eigenvalue weighted by Crippen LogP contribution is 2.32. The Labute approximate surface area is 70.0 Å². The molecule has 2 nitrogen and oxygen atoms in total. The van der Waals surface area contributed by atoms with Crippen molar-refractivity contribution in [3.8, 4) is 0 Å². The number of hydrogen-bond acceptors (Lipinski definition) is 2. The number of aliphatic hydroxyl groups excluding tert-OH is 1. The quantitative estimate of drug-likeness (QED) is 0.652. The van der Waals surface area contributed by atoms with E-state index in [0.717, 1.165) is 18.4 Å². The van der Waals surface area contributed by atoms with E-state index in [2.05, 4.69) is 12.2 Å². The van der Waals surface area contributed by atoms with E-state index in [1.165, 1.54) is 12.8 Å². The summed E-state index contributed by atoms with van der Waals surface area (Å²) in [7, 11) is 2.04. The summed E-state index contributed by atoms with van der Waals surface area (Å²) < 4.78 is 0. The van der Waals surface area contributed by atoms with Crippen LogP contribution in [0.1, 0.15) is 33.1 Å². The zero-order valence-electron chi connectivity index (χ0n) is 7.93. The molecule has 68 valence electrons. The standard InChI is InChI=1S/C6H13N.C3H8O/c1-3-5-4-6(5)7-2;1-2-3-4/h5-7H,3-4H2,1-2H3;4H,2-3H2,1H3. The van der Waals surface area contributed by atoms with Crippen molar-refractivity contribution in [2.45, 2.75) is 39.2 Å². The summed E-state index contributed by atoms with van der Waals surface area (Å²) in [6.45, 7) is 4.50. The molecule has 0 aliphatic heterocycles. The predicted octanol–water partition coefficient (Wildman–Crippen LogP) is 1.39. The summed E-state index contributed by atoms with van der Waals surface area (Å²) in [6, 6.07) is 0.866. The third kappa shape index (κ3) is 5.22. The maximum Gasteiger partial charge on any atom is 0.0428 e. The second-order valence-corrected chi connectivity index (χ2v) is 3.02. The minimum absolute atomic E-state index is 0.319. The van der Waals surface area contributed by atoms with Gasteiger partial charge in [0.15, 0.2) is 0 Å². The lowest BCUT2D eigenvalue weighted by Gasteiger charge is -1.89. The van der Waals surface area contributed by atoms with Gasteiger partial charge in [0.25, 0.3) is 0 Å². The first-order chi connectivity index (χ1) is 5.29. The van der Waals surface area contributed by atoms with Gasteiger partial charge in [0.05, 0.1) is 0 Å². The molecule has 11 heavy (non-hydrogen) atoms. The van der Waals surface area contributed by atoms with Gasteiger partial charge in [0.1, 0.15) is 0 Å². The Balaban J connectivity index is 0.000000218. The molecule has 0 radical (unpaired) electrons. The largest absolute Gasteiger partial charge is 0.396 e. The van der Waals surface area contributed by atoms with Crippen molar-refractivity contribution in [1.82, 2.24) is 5.32 Å². The minimum Gasteiger partial charge on any atom is -0.396 e. The summed E-state index contributed by atoms with van der Waals surface area (Å²) in [6.07, 6.45) is 3.64. The zero-order chi connectivity index (χ0) is 8.69. The maximum absolute atomic E-state index is 7.88. The maximum atomic E-state index is 7.88. The Morgan fingerprint density at radius 2 is 2.00 bits per heavy atom. The Morgan fingerprint density at radius 3 is 2.09 bits per heavy atom. The van der Waals surface area contributed by atoms with E-state index >= 15 is 0 Å². The first kappa shape index (κ1) is 10.9. The lowest BCUT2D eigenvalue weighted by atomic mass is 10.3. The van der Waals surface area contributed by atoms with Crippen LogP contribution in [-0.4, -0.2) is 24.8 Å². The second kappa shape index (κ2) is 6.62. The molecule has 1 fully saturated rings. The van der Waals surface area contributed by atoms with Crippen molar-refractivity contribution < 1.29 is 5.11 Å². The molecule has 1 rings (SSSR count). The molecule has 0 amide bonds. The molecular weight excluding hydrogens is 138 g/mol. The highest BCUT2D eigenvalue weighted by molar-refractivity contribution is 4.90. The van der Waals surface area contributed by atoms with Gasteiger partial charge in [-0.05, 0) is 25.8 Å². The van der Waals surface area contributed by atoms with Crippen molar-refractivity contribution in [3.05, 3.63) is 0 Å². The van der Waals surface area contributed by atoms with E-state index in [-0.39, 0.29) is 0 Å². The van der Waals surface area contributed by atoms with Crippen molar-refractivity contribution in [2.75, 3.05) is 13.7 Å². The fraction of sp³-hybridized carbons (Fsp3) is 1.00. The molecule has 2 N–H and O–H groups in total. The normalized spacial score (nSPS) is 27.3. The molecule has 0 aromatic rings. The van der Waals surface area contributed by atoms with Gasteiger partial charge >= 0.3 is 0 Å². The summed E-state index contributed by atoms with van der Waals surface area (Å²) >= 11 is 0. The van der Waals surface area contributed by atoms with Crippen LogP contribution in [0.2, 0.25) is 0 Å². The Morgan fingerprint density at radius 1 is 1.45 bits per heavy atom. The van der Waals surface area contributed by atoms with Crippen LogP contribution in [-0.2, 0) is 0 Å².